The number of ether oxygens (including phenoxy) is 2. The van der Waals surface area contributed by atoms with E-state index in [-0.39, 0.29) is 5.78 Å². The molecule has 0 spiro atoms. The van der Waals surface area contributed by atoms with Crippen molar-refractivity contribution in [2.45, 2.75) is 6.92 Å². The lowest BCUT2D eigenvalue weighted by atomic mass is 10.1. The fourth-order valence-electron chi connectivity index (χ4n) is 3.25. The van der Waals surface area contributed by atoms with Crippen molar-refractivity contribution in [1.82, 2.24) is 10.3 Å². The van der Waals surface area contributed by atoms with Gasteiger partial charge in [-0.25, -0.2) is 0 Å². The van der Waals surface area contributed by atoms with Gasteiger partial charge in [0.25, 0.3) is 0 Å². The highest BCUT2D eigenvalue weighted by molar-refractivity contribution is 9.10. The summed E-state index contributed by atoms with van der Waals surface area (Å²) in [4.78, 5) is 16.2. The van der Waals surface area contributed by atoms with Crippen LogP contribution < -0.4 is 14.8 Å². The quantitative estimate of drug-likeness (QED) is 0.230. The van der Waals surface area contributed by atoms with Crippen molar-refractivity contribution in [2.75, 3.05) is 19.7 Å². The van der Waals surface area contributed by atoms with E-state index in [1.807, 2.05) is 48.5 Å². The molecule has 4 rings (SSSR count). The number of likely N-dealkylation sites (N-methyl/N-ethyl adjacent to an activating group) is 1. The lowest BCUT2D eigenvalue weighted by Gasteiger charge is -2.08. The van der Waals surface area contributed by atoms with Gasteiger partial charge in [-0.1, -0.05) is 25.1 Å². The summed E-state index contributed by atoms with van der Waals surface area (Å²) in [7, 11) is 0. The van der Waals surface area contributed by atoms with E-state index in [1.54, 1.807) is 24.3 Å². The molecule has 4 aromatic rings. The van der Waals surface area contributed by atoms with Gasteiger partial charge in [0.15, 0.2) is 0 Å². The number of ketones is 1. The fourth-order valence-corrected chi connectivity index (χ4v) is 3.82. The maximum atomic E-state index is 13.0. The monoisotopic (exact) mass is 478 g/mol. The Morgan fingerprint density at radius 3 is 2.48 bits per heavy atom. The minimum absolute atomic E-state index is 0.0797. The molecule has 0 fully saturated rings. The summed E-state index contributed by atoms with van der Waals surface area (Å²) in [6.07, 6.45) is 0. The minimum Gasteiger partial charge on any atom is -0.491 e. The average Bonchev–Trinajstić information content (AvgIpc) is 3.24. The lowest BCUT2D eigenvalue weighted by molar-refractivity contribution is 0.103. The van der Waals surface area contributed by atoms with Crippen LogP contribution >= 0.6 is 15.9 Å². The molecule has 31 heavy (non-hydrogen) atoms. The SMILES string of the molecule is CCNCCOc1ccc2[nH]c(C(=O)c3ccc(Oc4ccccc4)cc3)cc2c1Br. The summed E-state index contributed by atoms with van der Waals surface area (Å²) < 4.78 is 12.5. The standard InChI is InChI=1S/C25H23BrN2O3/c1-2-27-14-15-30-23-13-12-21-20(24(23)26)16-22(28-21)25(29)17-8-10-19(11-9-17)31-18-6-4-3-5-7-18/h3-13,16,27-28H,2,14-15H2,1H3. The summed E-state index contributed by atoms with van der Waals surface area (Å²) in [5.41, 5.74) is 1.99. The first kappa shape index (κ1) is 21.2. The highest BCUT2D eigenvalue weighted by Crippen LogP contribution is 2.34. The van der Waals surface area contributed by atoms with Crippen LogP contribution in [0.25, 0.3) is 10.9 Å². The second-order valence-electron chi connectivity index (χ2n) is 6.99. The molecule has 1 heterocycles. The predicted octanol–water partition coefficient (Wildman–Crippen LogP) is 5.94. The third kappa shape index (κ3) is 4.98. The van der Waals surface area contributed by atoms with Crippen molar-refractivity contribution in [3.8, 4) is 17.2 Å². The molecule has 0 aliphatic heterocycles. The van der Waals surface area contributed by atoms with Crippen LogP contribution in [-0.4, -0.2) is 30.5 Å². The van der Waals surface area contributed by atoms with Crippen molar-refractivity contribution in [3.63, 3.8) is 0 Å². The molecular formula is C25H23BrN2O3. The van der Waals surface area contributed by atoms with Crippen LogP contribution in [0.15, 0.2) is 77.3 Å². The van der Waals surface area contributed by atoms with E-state index >= 15 is 0 Å². The van der Waals surface area contributed by atoms with Crippen LogP contribution in [0, 0.1) is 0 Å². The highest BCUT2D eigenvalue weighted by atomic mass is 79.9. The Morgan fingerprint density at radius 1 is 1.00 bits per heavy atom. The maximum Gasteiger partial charge on any atom is 0.209 e. The van der Waals surface area contributed by atoms with Crippen molar-refractivity contribution in [2.24, 2.45) is 0 Å². The molecule has 0 atom stereocenters. The third-order valence-electron chi connectivity index (χ3n) is 4.83. The van der Waals surface area contributed by atoms with Crippen LogP contribution in [0.2, 0.25) is 0 Å². The molecule has 1 aromatic heterocycles. The van der Waals surface area contributed by atoms with Gasteiger partial charge in [0.1, 0.15) is 23.9 Å². The number of aromatic amines is 1. The topological polar surface area (TPSA) is 63.3 Å². The molecule has 0 saturated carbocycles. The van der Waals surface area contributed by atoms with E-state index in [2.05, 4.69) is 33.2 Å². The van der Waals surface area contributed by atoms with Gasteiger partial charge in [0.05, 0.1) is 10.2 Å². The van der Waals surface area contributed by atoms with Gasteiger partial charge in [-0.05, 0) is 77.1 Å². The second-order valence-corrected chi connectivity index (χ2v) is 7.79. The number of nitrogens with one attached hydrogen (secondary N) is 2. The van der Waals surface area contributed by atoms with E-state index in [0.29, 0.717) is 23.6 Å². The Balaban J connectivity index is 1.50. The fraction of sp³-hybridized carbons (Fsp3) is 0.160. The normalized spacial score (nSPS) is 10.9. The molecule has 3 aromatic carbocycles. The number of para-hydroxylation sites is 1. The Labute approximate surface area is 189 Å². The summed E-state index contributed by atoms with van der Waals surface area (Å²) in [5.74, 6) is 2.11. The number of benzene rings is 3. The number of hydrogen-bond acceptors (Lipinski definition) is 4. The molecule has 0 amide bonds. The zero-order valence-corrected chi connectivity index (χ0v) is 18.7. The maximum absolute atomic E-state index is 13.0. The molecule has 0 saturated heterocycles. The largest absolute Gasteiger partial charge is 0.491 e. The number of carbonyl (C=O) groups excluding carboxylic acids is 1. The predicted molar refractivity (Wildman–Crippen MR) is 126 cm³/mol. The number of hydrogen-bond donors (Lipinski definition) is 2. The number of aromatic nitrogens is 1. The number of fused-ring (bicyclic) bond motifs is 1. The number of H-pyrrole nitrogens is 1. The Kier molecular flexibility index (Phi) is 6.70. The van der Waals surface area contributed by atoms with Gasteiger partial charge in [-0.2, -0.15) is 0 Å². The molecule has 5 nitrogen and oxygen atoms in total. The van der Waals surface area contributed by atoms with Gasteiger partial charge in [0, 0.05) is 23.0 Å². The van der Waals surface area contributed by atoms with Crippen LogP contribution in [0.1, 0.15) is 23.0 Å². The Bertz CT molecular complexity index is 1170. The van der Waals surface area contributed by atoms with Gasteiger partial charge >= 0.3 is 0 Å². The van der Waals surface area contributed by atoms with Crippen molar-refractivity contribution in [1.29, 1.82) is 0 Å². The van der Waals surface area contributed by atoms with Crippen molar-refractivity contribution in [3.05, 3.63) is 88.5 Å². The van der Waals surface area contributed by atoms with E-state index < -0.39 is 0 Å². The minimum atomic E-state index is -0.0797. The van der Waals surface area contributed by atoms with Crippen molar-refractivity contribution < 1.29 is 14.3 Å². The highest BCUT2D eigenvalue weighted by Gasteiger charge is 2.15. The first-order valence-electron chi connectivity index (χ1n) is 10.2. The van der Waals surface area contributed by atoms with E-state index in [1.165, 1.54) is 0 Å². The number of carbonyl (C=O) groups is 1. The summed E-state index contributed by atoms with van der Waals surface area (Å²) >= 11 is 3.62. The molecular weight excluding hydrogens is 456 g/mol. The summed E-state index contributed by atoms with van der Waals surface area (Å²) in [6, 6.07) is 22.4. The second kappa shape index (κ2) is 9.81. The number of rotatable bonds is 9. The molecule has 0 unspecified atom stereocenters. The average molecular weight is 479 g/mol. The van der Waals surface area contributed by atoms with Gasteiger partial charge in [0.2, 0.25) is 5.78 Å². The zero-order valence-electron chi connectivity index (χ0n) is 17.2. The smallest absolute Gasteiger partial charge is 0.209 e. The summed E-state index contributed by atoms with van der Waals surface area (Å²) in [6.45, 7) is 4.32. The molecule has 0 aliphatic carbocycles. The van der Waals surface area contributed by atoms with Gasteiger partial charge < -0.3 is 19.8 Å². The Hall–Kier alpha value is -3.09. The van der Waals surface area contributed by atoms with Crippen LogP contribution in [0.3, 0.4) is 0 Å². The molecule has 0 aliphatic rings. The Morgan fingerprint density at radius 2 is 1.74 bits per heavy atom. The van der Waals surface area contributed by atoms with E-state index in [4.69, 9.17) is 9.47 Å². The van der Waals surface area contributed by atoms with Gasteiger partial charge in [-0.15, -0.1) is 0 Å². The number of halogens is 1. The van der Waals surface area contributed by atoms with Gasteiger partial charge in [-0.3, -0.25) is 4.79 Å². The first-order chi connectivity index (χ1) is 15.2. The molecule has 158 valence electrons. The molecule has 6 heteroatoms. The van der Waals surface area contributed by atoms with Crippen LogP contribution in [0.4, 0.5) is 0 Å². The molecule has 0 radical (unpaired) electrons. The lowest BCUT2D eigenvalue weighted by Crippen LogP contribution is -2.20. The first-order valence-corrected chi connectivity index (χ1v) is 11.0. The third-order valence-corrected chi connectivity index (χ3v) is 5.65. The van der Waals surface area contributed by atoms with E-state index in [0.717, 1.165) is 40.0 Å². The van der Waals surface area contributed by atoms with Crippen molar-refractivity contribution >= 4 is 32.6 Å². The van der Waals surface area contributed by atoms with E-state index in [9.17, 15) is 4.79 Å². The summed E-state index contributed by atoms with van der Waals surface area (Å²) in [5, 5.41) is 4.14. The zero-order chi connectivity index (χ0) is 21.6. The van der Waals surface area contributed by atoms with Crippen LogP contribution in [-0.2, 0) is 0 Å². The van der Waals surface area contributed by atoms with Crippen LogP contribution in [0.5, 0.6) is 17.2 Å². The molecule has 2 N–H and O–H groups in total. The molecule has 0 bridgehead atoms.